The molecule has 1 aliphatic rings. The largest absolute Gasteiger partial charge is 0.454 e. The number of H-pyrrole nitrogens is 2. The van der Waals surface area contributed by atoms with Crippen molar-refractivity contribution < 1.29 is 19.1 Å². The highest BCUT2D eigenvalue weighted by Gasteiger charge is 2.17. The van der Waals surface area contributed by atoms with Gasteiger partial charge in [0.1, 0.15) is 0 Å². The molecule has 2 amide bonds. The van der Waals surface area contributed by atoms with Crippen LogP contribution >= 0.6 is 0 Å². The number of aromatic nitrogens is 2. The van der Waals surface area contributed by atoms with Crippen LogP contribution in [0.3, 0.4) is 0 Å². The van der Waals surface area contributed by atoms with Gasteiger partial charge >= 0.3 is 0 Å². The molecule has 4 rings (SSSR count). The molecule has 0 atom stereocenters. The summed E-state index contributed by atoms with van der Waals surface area (Å²) in [5.41, 5.74) is -0.547. The van der Waals surface area contributed by atoms with Gasteiger partial charge in [0.15, 0.2) is 11.5 Å². The lowest BCUT2D eigenvalue weighted by atomic mass is 10.1. The second-order valence-electron chi connectivity index (χ2n) is 5.94. The second-order valence-corrected chi connectivity index (χ2v) is 5.94. The van der Waals surface area contributed by atoms with Crippen LogP contribution in [-0.2, 0) is 4.79 Å². The quantitative estimate of drug-likeness (QED) is 0.512. The summed E-state index contributed by atoms with van der Waals surface area (Å²) < 4.78 is 10.4. The van der Waals surface area contributed by atoms with Gasteiger partial charge in [0, 0.05) is 5.56 Å². The van der Waals surface area contributed by atoms with Crippen molar-refractivity contribution in [2.75, 3.05) is 18.7 Å². The summed E-state index contributed by atoms with van der Waals surface area (Å²) in [5, 5.41) is 9.64. The number of aromatic amines is 2. The molecule has 0 saturated heterocycles. The zero-order chi connectivity index (χ0) is 19.7. The van der Waals surface area contributed by atoms with Gasteiger partial charge in [0.05, 0.1) is 23.0 Å². The van der Waals surface area contributed by atoms with Gasteiger partial charge < -0.3 is 20.1 Å². The molecule has 0 radical (unpaired) electrons. The fraction of sp³-hybridized carbons (Fsp3) is 0.111. The maximum atomic E-state index is 12.2. The van der Waals surface area contributed by atoms with E-state index in [1.54, 1.807) is 12.1 Å². The molecular weight excluding hydrogens is 368 g/mol. The van der Waals surface area contributed by atoms with Crippen LogP contribution in [0.25, 0.3) is 10.8 Å². The third-order valence-corrected chi connectivity index (χ3v) is 4.14. The highest BCUT2D eigenvalue weighted by Crippen LogP contribution is 2.32. The molecule has 1 aliphatic heterocycles. The van der Waals surface area contributed by atoms with E-state index in [0.717, 1.165) is 0 Å². The summed E-state index contributed by atoms with van der Waals surface area (Å²) in [4.78, 5) is 48.2. The Kier molecular flexibility index (Phi) is 4.28. The fourth-order valence-corrected chi connectivity index (χ4v) is 2.83. The fourth-order valence-electron chi connectivity index (χ4n) is 2.83. The molecule has 0 unspecified atom stereocenters. The van der Waals surface area contributed by atoms with Gasteiger partial charge in [-0.25, -0.2) is 0 Å². The minimum Gasteiger partial charge on any atom is -0.454 e. The van der Waals surface area contributed by atoms with Crippen molar-refractivity contribution in [3.63, 3.8) is 0 Å². The van der Waals surface area contributed by atoms with Crippen LogP contribution in [0.4, 0.5) is 5.69 Å². The second kappa shape index (κ2) is 6.91. The van der Waals surface area contributed by atoms with Crippen molar-refractivity contribution in [3.05, 3.63) is 62.7 Å². The van der Waals surface area contributed by atoms with Gasteiger partial charge in [-0.15, -0.1) is 0 Å². The molecule has 0 saturated carbocycles. The Bertz CT molecular complexity index is 1210. The van der Waals surface area contributed by atoms with Crippen molar-refractivity contribution in [3.8, 4) is 11.5 Å². The third-order valence-electron chi connectivity index (χ3n) is 4.14. The minimum absolute atomic E-state index is 0.0571. The van der Waals surface area contributed by atoms with Crippen LogP contribution in [0.1, 0.15) is 10.4 Å². The standard InChI is InChI=1S/C18H14N4O6/c23-14(7-19-16(24)9-4-5-12-13(6-9)28-8-27-12)20-11-3-1-2-10-15(11)18(26)22-21-17(10)25/h1-6H,7-8H2,(H,19,24)(H,20,23)(H,21,25)(H,22,26). The van der Waals surface area contributed by atoms with E-state index in [0.29, 0.717) is 17.1 Å². The molecule has 0 spiro atoms. The molecular formula is C18H14N4O6. The van der Waals surface area contributed by atoms with Crippen molar-refractivity contribution in [1.82, 2.24) is 15.5 Å². The number of anilines is 1. The number of hydrogen-bond acceptors (Lipinski definition) is 6. The highest BCUT2D eigenvalue weighted by atomic mass is 16.7. The molecule has 2 aromatic carbocycles. The maximum Gasteiger partial charge on any atom is 0.272 e. The van der Waals surface area contributed by atoms with Crippen LogP contribution in [0.2, 0.25) is 0 Å². The zero-order valence-corrected chi connectivity index (χ0v) is 14.3. The van der Waals surface area contributed by atoms with Crippen LogP contribution in [-0.4, -0.2) is 35.3 Å². The third kappa shape index (κ3) is 3.18. The summed E-state index contributed by atoms with van der Waals surface area (Å²) in [6.45, 7) is -0.236. The van der Waals surface area contributed by atoms with E-state index in [9.17, 15) is 19.2 Å². The smallest absolute Gasteiger partial charge is 0.272 e. The number of fused-ring (bicyclic) bond motifs is 2. The minimum atomic E-state index is -0.554. The van der Waals surface area contributed by atoms with Gasteiger partial charge in [-0.1, -0.05) is 6.07 Å². The first-order valence-corrected chi connectivity index (χ1v) is 8.24. The van der Waals surface area contributed by atoms with E-state index >= 15 is 0 Å². The topological polar surface area (TPSA) is 142 Å². The van der Waals surface area contributed by atoms with Crippen LogP contribution in [0.15, 0.2) is 46.0 Å². The Morgan fingerprint density at radius 2 is 1.79 bits per heavy atom. The maximum absolute atomic E-state index is 12.2. The van der Waals surface area contributed by atoms with Crippen LogP contribution in [0.5, 0.6) is 11.5 Å². The molecule has 3 aromatic rings. The molecule has 0 aliphatic carbocycles. The van der Waals surface area contributed by atoms with Gasteiger partial charge in [-0.3, -0.25) is 29.4 Å². The highest BCUT2D eigenvalue weighted by molar-refractivity contribution is 6.04. The number of amides is 2. The number of nitrogens with one attached hydrogen (secondary N) is 4. The van der Waals surface area contributed by atoms with Gasteiger partial charge in [0.25, 0.3) is 17.0 Å². The zero-order valence-electron chi connectivity index (χ0n) is 14.3. The average molecular weight is 382 g/mol. The van der Waals surface area contributed by atoms with Crippen molar-refractivity contribution in [1.29, 1.82) is 0 Å². The van der Waals surface area contributed by atoms with Gasteiger partial charge in [-0.05, 0) is 30.3 Å². The Morgan fingerprint density at radius 1 is 1.00 bits per heavy atom. The van der Waals surface area contributed by atoms with Crippen LogP contribution in [0, 0.1) is 0 Å². The molecule has 0 bridgehead atoms. The predicted octanol–water partition coefficient (Wildman–Crippen LogP) is 0.314. The Balaban J connectivity index is 1.46. The number of benzene rings is 2. The number of rotatable bonds is 4. The normalized spacial score (nSPS) is 12.0. The number of carbonyl (C=O) groups excluding carboxylic acids is 2. The van der Waals surface area contributed by atoms with E-state index in [2.05, 4.69) is 20.8 Å². The first-order valence-electron chi connectivity index (χ1n) is 8.24. The molecule has 10 heteroatoms. The lowest BCUT2D eigenvalue weighted by Gasteiger charge is -2.09. The van der Waals surface area contributed by atoms with E-state index < -0.39 is 22.9 Å². The van der Waals surface area contributed by atoms with E-state index in [1.807, 2.05) is 0 Å². The molecule has 142 valence electrons. The Hall–Kier alpha value is -4.08. The summed E-state index contributed by atoms with van der Waals surface area (Å²) >= 11 is 0. The molecule has 0 fully saturated rings. The first-order chi connectivity index (χ1) is 13.5. The monoisotopic (exact) mass is 382 g/mol. The van der Waals surface area contributed by atoms with E-state index in [4.69, 9.17) is 9.47 Å². The Morgan fingerprint density at radius 3 is 2.64 bits per heavy atom. The molecule has 28 heavy (non-hydrogen) atoms. The predicted molar refractivity (Wildman–Crippen MR) is 98.7 cm³/mol. The average Bonchev–Trinajstić information content (AvgIpc) is 3.17. The van der Waals surface area contributed by atoms with Gasteiger partial charge in [0.2, 0.25) is 12.7 Å². The van der Waals surface area contributed by atoms with Crippen LogP contribution < -0.4 is 31.2 Å². The number of hydrogen-bond donors (Lipinski definition) is 4. The Labute approximate surface area is 156 Å². The summed E-state index contributed by atoms with van der Waals surface area (Å²) in [5.74, 6) is -0.0234. The summed E-state index contributed by atoms with van der Waals surface area (Å²) in [6.07, 6.45) is 0. The lowest BCUT2D eigenvalue weighted by Crippen LogP contribution is -2.33. The van der Waals surface area contributed by atoms with Crippen molar-refractivity contribution >= 4 is 28.3 Å². The molecule has 1 aromatic heterocycles. The molecule has 4 N–H and O–H groups in total. The molecule has 10 nitrogen and oxygen atoms in total. The summed E-state index contributed by atoms with van der Waals surface area (Å²) in [6, 6.07) is 9.19. The van der Waals surface area contributed by atoms with Gasteiger partial charge in [-0.2, -0.15) is 0 Å². The number of carbonyl (C=O) groups is 2. The number of ether oxygens (including phenoxy) is 2. The van der Waals surface area contributed by atoms with E-state index in [1.165, 1.54) is 24.3 Å². The first kappa shape index (κ1) is 17.3. The summed E-state index contributed by atoms with van der Waals surface area (Å²) in [7, 11) is 0. The van der Waals surface area contributed by atoms with Crippen molar-refractivity contribution in [2.45, 2.75) is 0 Å². The van der Waals surface area contributed by atoms with Crippen molar-refractivity contribution in [2.24, 2.45) is 0 Å². The SMILES string of the molecule is O=C(CNC(=O)c1ccc2c(c1)OCO2)Nc1cccc2c(=O)[nH][nH]c(=O)c12. The lowest BCUT2D eigenvalue weighted by molar-refractivity contribution is -0.115. The van der Waals surface area contributed by atoms with E-state index in [-0.39, 0.29) is 29.8 Å². The molecule has 2 heterocycles.